The third-order valence-corrected chi connectivity index (χ3v) is 4.97. The van der Waals surface area contributed by atoms with Gasteiger partial charge < -0.3 is 9.47 Å². The minimum atomic E-state index is 0. The van der Waals surface area contributed by atoms with Crippen LogP contribution in [-0.2, 0) is 25.9 Å². The number of halogens is 1. The molecule has 0 amide bonds. The number of hydrogen-bond acceptors (Lipinski definition) is 2. The Labute approximate surface area is 149 Å². The highest BCUT2D eigenvalue weighted by molar-refractivity contribution is 5.86. The standard InChI is InChI=1S/C20H23N3.ClH/c1-15-3-4-19-17(13-15)18-14-22(2)11-8-20(18)23(19)12-7-16-5-9-21-10-6-16;/h3-6,9-10,13H,7-8,11-12,14H2,1-2H3;1H. The van der Waals surface area contributed by atoms with Crippen LogP contribution in [0, 0.1) is 6.92 Å². The lowest BCUT2D eigenvalue weighted by molar-refractivity contribution is 0.309. The molecule has 1 aliphatic heterocycles. The normalized spacial score (nSPS) is 14.4. The lowest BCUT2D eigenvalue weighted by Gasteiger charge is -2.24. The lowest BCUT2D eigenvalue weighted by Crippen LogP contribution is -2.27. The van der Waals surface area contributed by atoms with Gasteiger partial charge in [-0.15, -0.1) is 12.4 Å². The average Bonchev–Trinajstić information content (AvgIpc) is 2.86. The molecule has 0 spiro atoms. The number of hydrogen-bond donors (Lipinski definition) is 0. The van der Waals surface area contributed by atoms with Crippen LogP contribution < -0.4 is 0 Å². The Morgan fingerprint density at radius 3 is 2.71 bits per heavy atom. The maximum atomic E-state index is 4.12. The largest absolute Gasteiger partial charge is 0.344 e. The molecule has 0 radical (unpaired) electrons. The van der Waals surface area contributed by atoms with Gasteiger partial charge in [-0.1, -0.05) is 11.6 Å². The zero-order chi connectivity index (χ0) is 15.8. The Morgan fingerprint density at radius 2 is 1.92 bits per heavy atom. The van der Waals surface area contributed by atoms with E-state index in [-0.39, 0.29) is 12.4 Å². The minimum absolute atomic E-state index is 0. The van der Waals surface area contributed by atoms with Crippen LogP contribution in [0.15, 0.2) is 42.7 Å². The first-order valence-electron chi connectivity index (χ1n) is 8.40. The van der Waals surface area contributed by atoms with Crippen LogP contribution in [0.1, 0.15) is 22.4 Å². The van der Waals surface area contributed by atoms with Crippen LogP contribution in [0.5, 0.6) is 0 Å². The van der Waals surface area contributed by atoms with Crippen molar-refractivity contribution < 1.29 is 0 Å². The molecule has 0 unspecified atom stereocenters. The molecule has 0 fully saturated rings. The molecular weight excluding hydrogens is 318 g/mol. The van der Waals surface area contributed by atoms with Crippen molar-refractivity contribution >= 4 is 23.3 Å². The molecule has 0 saturated heterocycles. The number of aryl methyl sites for hydroxylation is 3. The van der Waals surface area contributed by atoms with Crippen LogP contribution >= 0.6 is 12.4 Å². The van der Waals surface area contributed by atoms with E-state index in [0.717, 1.165) is 32.5 Å². The second-order valence-corrected chi connectivity index (χ2v) is 6.69. The van der Waals surface area contributed by atoms with E-state index in [1.807, 2.05) is 12.4 Å². The van der Waals surface area contributed by atoms with E-state index < -0.39 is 0 Å². The zero-order valence-corrected chi connectivity index (χ0v) is 15.1. The third-order valence-electron chi connectivity index (χ3n) is 4.97. The van der Waals surface area contributed by atoms with Gasteiger partial charge in [0, 0.05) is 55.0 Å². The number of benzene rings is 1. The van der Waals surface area contributed by atoms with Crippen LogP contribution in [0.4, 0.5) is 0 Å². The van der Waals surface area contributed by atoms with E-state index in [1.54, 1.807) is 0 Å². The van der Waals surface area contributed by atoms with E-state index in [0.29, 0.717) is 0 Å². The fourth-order valence-corrected chi connectivity index (χ4v) is 3.74. The smallest absolute Gasteiger partial charge is 0.0486 e. The molecule has 0 saturated carbocycles. The van der Waals surface area contributed by atoms with Gasteiger partial charge in [0.05, 0.1) is 0 Å². The summed E-state index contributed by atoms with van der Waals surface area (Å²) in [5.41, 5.74) is 7.17. The molecule has 0 bridgehead atoms. The minimum Gasteiger partial charge on any atom is -0.344 e. The summed E-state index contributed by atoms with van der Waals surface area (Å²) < 4.78 is 2.55. The van der Waals surface area contributed by atoms with E-state index in [1.165, 1.54) is 33.3 Å². The Morgan fingerprint density at radius 1 is 1.12 bits per heavy atom. The number of fused-ring (bicyclic) bond motifs is 3. The number of nitrogens with zero attached hydrogens (tertiary/aromatic N) is 3. The molecule has 2 aromatic heterocycles. The zero-order valence-electron chi connectivity index (χ0n) is 14.3. The van der Waals surface area contributed by atoms with Crippen LogP contribution in [0.25, 0.3) is 10.9 Å². The van der Waals surface area contributed by atoms with Crippen molar-refractivity contribution in [2.75, 3.05) is 13.6 Å². The summed E-state index contributed by atoms with van der Waals surface area (Å²) in [7, 11) is 2.22. The predicted molar refractivity (Wildman–Crippen MR) is 102 cm³/mol. The molecule has 0 atom stereocenters. The highest BCUT2D eigenvalue weighted by Gasteiger charge is 2.22. The third kappa shape index (κ3) is 3.06. The fraction of sp³-hybridized carbons (Fsp3) is 0.350. The second-order valence-electron chi connectivity index (χ2n) is 6.69. The molecule has 0 aliphatic carbocycles. The quantitative estimate of drug-likeness (QED) is 0.718. The Kier molecular flexibility index (Phi) is 4.93. The molecule has 4 heteroatoms. The number of likely N-dealkylation sites (N-methyl/N-ethyl adjacent to an activating group) is 1. The first-order chi connectivity index (χ1) is 11.2. The molecule has 1 aromatic carbocycles. The van der Waals surface area contributed by atoms with Crippen molar-refractivity contribution in [2.24, 2.45) is 0 Å². The van der Waals surface area contributed by atoms with Gasteiger partial charge in [-0.3, -0.25) is 4.98 Å². The molecule has 3 heterocycles. The second kappa shape index (κ2) is 6.96. The van der Waals surface area contributed by atoms with E-state index >= 15 is 0 Å². The Bertz CT molecular complexity index is 839. The summed E-state index contributed by atoms with van der Waals surface area (Å²) in [5.74, 6) is 0. The maximum Gasteiger partial charge on any atom is 0.0486 e. The van der Waals surface area contributed by atoms with Gasteiger partial charge in [-0.25, -0.2) is 0 Å². The molecule has 24 heavy (non-hydrogen) atoms. The van der Waals surface area contributed by atoms with Gasteiger partial charge in [0.1, 0.15) is 0 Å². The van der Waals surface area contributed by atoms with Crippen molar-refractivity contribution in [3.63, 3.8) is 0 Å². The molecule has 4 rings (SSSR count). The SMILES string of the molecule is Cc1ccc2c(c1)c1c(n2CCc2ccncc2)CCN(C)C1.Cl. The summed E-state index contributed by atoms with van der Waals surface area (Å²) in [5, 5.41) is 1.45. The highest BCUT2D eigenvalue weighted by atomic mass is 35.5. The van der Waals surface area contributed by atoms with Gasteiger partial charge in [0.2, 0.25) is 0 Å². The fourth-order valence-electron chi connectivity index (χ4n) is 3.74. The van der Waals surface area contributed by atoms with Crippen LogP contribution in [0.2, 0.25) is 0 Å². The van der Waals surface area contributed by atoms with Gasteiger partial charge in [-0.05, 0) is 55.8 Å². The molecular formula is C20H24ClN3. The predicted octanol–water partition coefficient (Wildman–Crippen LogP) is 4.00. The summed E-state index contributed by atoms with van der Waals surface area (Å²) >= 11 is 0. The summed E-state index contributed by atoms with van der Waals surface area (Å²) in [6, 6.07) is 11.1. The number of pyridine rings is 1. The topological polar surface area (TPSA) is 21.1 Å². The van der Waals surface area contributed by atoms with Crippen molar-refractivity contribution in [1.82, 2.24) is 14.5 Å². The molecule has 0 N–H and O–H groups in total. The summed E-state index contributed by atoms with van der Waals surface area (Å²) in [6.07, 6.45) is 5.98. The molecule has 1 aliphatic rings. The average molecular weight is 342 g/mol. The van der Waals surface area contributed by atoms with Crippen LogP contribution in [0.3, 0.4) is 0 Å². The molecule has 3 nitrogen and oxygen atoms in total. The van der Waals surface area contributed by atoms with E-state index in [9.17, 15) is 0 Å². The summed E-state index contributed by atoms with van der Waals surface area (Å²) in [6.45, 7) is 5.45. The van der Waals surface area contributed by atoms with E-state index in [2.05, 4.69) is 58.8 Å². The van der Waals surface area contributed by atoms with E-state index in [4.69, 9.17) is 0 Å². The molecule has 126 valence electrons. The Hall–Kier alpha value is -1.84. The Balaban J connectivity index is 0.00000169. The van der Waals surface area contributed by atoms with Crippen molar-refractivity contribution in [3.05, 3.63) is 65.1 Å². The van der Waals surface area contributed by atoms with Gasteiger partial charge >= 0.3 is 0 Å². The van der Waals surface area contributed by atoms with Crippen LogP contribution in [-0.4, -0.2) is 28.0 Å². The van der Waals surface area contributed by atoms with Crippen molar-refractivity contribution in [1.29, 1.82) is 0 Å². The highest BCUT2D eigenvalue weighted by Crippen LogP contribution is 2.31. The molecule has 3 aromatic rings. The van der Waals surface area contributed by atoms with Gasteiger partial charge in [-0.2, -0.15) is 0 Å². The number of rotatable bonds is 3. The first-order valence-corrected chi connectivity index (χ1v) is 8.40. The van der Waals surface area contributed by atoms with Gasteiger partial charge in [0.25, 0.3) is 0 Å². The lowest BCUT2D eigenvalue weighted by atomic mass is 10.0. The maximum absolute atomic E-state index is 4.12. The van der Waals surface area contributed by atoms with Crippen molar-refractivity contribution in [3.8, 4) is 0 Å². The van der Waals surface area contributed by atoms with Gasteiger partial charge in [0.15, 0.2) is 0 Å². The summed E-state index contributed by atoms with van der Waals surface area (Å²) in [4.78, 5) is 6.54. The first kappa shape index (κ1) is 17.0. The monoisotopic (exact) mass is 341 g/mol. The van der Waals surface area contributed by atoms with Crippen molar-refractivity contribution in [2.45, 2.75) is 32.9 Å². The number of aromatic nitrogens is 2.